The molecule has 1 atom stereocenters. The average Bonchev–Trinajstić information content (AvgIpc) is 3.12. The second-order valence-electron chi connectivity index (χ2n) is 7.57. The molecule has 0 spiro atoms. The summed E-state index contributed by atoms with van der Waals surface area (Å²) in [7, 11) is -3.04. The molecule has 3 rings (SSSR count). The first-order valence-corrected chi connectivity index (χ1v) is 12.5. The second-order valence-corrected chi connectivity index (χ2v) is 11.5. The van der Waals surface area contributed by atoms with Crippen LogP contribution in [0.1, 0.15) is 43.7 Å². The Morgan fingerprint density at radius 1 is 1.34 bits per heavy atom. The van der Waals surface area contributed by atoms with Gasteiger partial charge in [-0.25, -0.2) is 8.42 Å². The summed E-state index contributed by atoms with van der Waals surface area (Å²) in [5.74, 6) is 0.0598. The third-order valence-corrected chi connectivity index (χ3v) is 8.08. The van der Waals surface area contributed by atoms with E-state index in [0.29, 0.717) is 21.6 Å². The van der Waals surface area contributed by atoms with Crippen LogP contribution in [0.15, 0.2) is 29.2 Å². The summed E-state index contributed by atoms with van der Waals surface area (Å²) in [6, 6.07) is 7.71. The first-order valence-electron chi connectivity index (χ1n) is 9.50. The number of carbonyl (C=O) groups is 2. The van der Waals surface area contributed by atoms with Gasteiger partial charge in [-0.15, -0.1) is 0 Å². The molecule has 0 saturated carbocycles. The molecule has 1 aromatic rings. The number of rotatable bonds is 6. The van der Waals surface area contributed by atoms with Crippen molar-refractivity contribution in [2.75, 3.05) is 18.1 Å². The van der Waals surface area contributed by atoms with Gasteiger partial charge >= 0.3 is 0 Å². The van der Waals surface area contributed by atoms with Crippen molar-refractivity contribution in [3.63, 3.8) is 0 Å². The maximum Gasteiger partial charge on any atom is 0.266 e. The molecule has 29 heavy (non-hydrogen) atoms. The Bertz CT molecular complexity index is 952. The van der Waals surface area contributed by atoms with Crippen molar-refractivity contribution in [2.45, 2.75) is 38.6 Å². The average molecular weight is 453 g/mol. The molecule has 2 amide bonds. The Kier molecular flexibility index (Phi) is 6.80. The van der Waals surface area contributed by atoms with Gasteiger partial charge in [-0.2, -0.15) is 0 Å². The van der Waals surface area contributed by atoms with Gasteiger partial charge < -0.3 is 5.32 Å². The van der Waals surface area contributed by atoms with Crippen LogP contribution in [0.4, 0.5) is 0 Å². The minimum absolute atomic E-state index is 0.0157. The van der Waals surface area contributed by atoms with Crippen molar-refractivity contribution in [3.8, 4) is 0 Å². The topological polar surface area (TPSA) is 83.6 Å². The second kappa shape index (κ2) is 8.97. The SMILES string of the molecule is CC(C)c1ccc(/C=C2\SC(=S)N(CCC(=O)N[C@@H]3CCS(=O)(=O)C3)C2=O)cc1. The number of nitrogens with one attached hydrogen (secondary N) is 1. The number of benzene rings is 1. The molecule has 2 heterocycles. The highest BCUT2D eigenvalue weighted by molar-refractivity contribution is 8.26. The van der Waals surface area contributed by atoms with Crippen LogP contribution in [0.2, 0.25) is 0 Å². The summed E-state index contributed by atoms with van der Waals surface area (Å²) in [6.45, 7) is 4.43. The standard InChI is InChI=1S/C20H24N2O4S3/c1-13(2)15-5-3-14(4-6-15)11-17-19(24)22(20(27)28-17)9-7-18(23)21-16-8-10-29(25,26)12-16/h3-6,11,13,16H,7-10,12H2,1-2H3,(H,21,23)/b17-11-/t16-/m1/s1. The normalized spacial score (nSPS) is 22.7. The Morgan fingerprint density at radius 2 is 2.03 bits per heavy atom. The van der Waals surface area contributed by atoms with Gasteiger partial charge in [0.25, 0.3) is 5.91 Å². The van der Waals surface area contributed by atoms with E-state index < -0.39 is 9.84 Å². The van der Waals surface area contributed by atoms with Gasteiger partial charge in [0.1, 0.15) is 4.32 Å². The summed E-state index contributed by atoms with van der Waals surface area (Å²) in [5, 5.41) is 2.73. The fraction of sp³-hybridized carbons (Fsp3) is 0.450. The smallest absolute Gasteiger partial charge is 0.266 e. The lowest BCUT2D eigenvalue weighted by molar-refractivity contribution is -0.124. The van der Waals surface area contributed by atoms with Crippen molar-refractivity contribution < 1.29 is 18.0 Å². The molecule has 2 aliphatic heterocycles. The van der Waals surface area contributed by atoms with Gasteiger partial charge in [0.2, 0.25) is 5.91 Å². The molecule has 6 nitrogen and oxygen atoms in total. The molecule has 2 saturated heterocycles. The summed E-state index contributed by atoms with van der Waals surface area (Å²) in [5.41, 5.74) is 2.16. The van der Waals surface area contributed by atoms with E-state index in [4.69, 9.17) is 12.2 Å². The van der Waals surface area contributed by atoms with Crippen molar-refractivity contribution in [1.29, 1.82) is 0 Å². The molecule has 1 N–H and O–H groups in total. The van der Waals surface area contributed by atoms with Crippen LogP contribution >= 0.6 is 24.0 Å². The Hall–Kier alpha value is -1.71. The molecular formula is C20H24N2O4S3. The highest BCUT2D eigenvalue weighted by atomic mass is 32.2. The molecule has 0 aromatic heterocycles. The number of thiocarbonyl (C=S) groups is 1. The minimum Gasteiger partial charge on any atom is -0.352 e. The van der Waals surface area contributed by atoms with Crippen LogP contribution in [-0.2, 0) is 19.4 Å². The monoisotopic (exact) mass is 452 g/mol. The van der Waals surface area contributed by atoms with E-state index in [1.807, 2.05) is 30.3 Å². The fourth-order valence-corrected chi connectivity index (χ4v) is 6.23. The predicted octanol–water partition coefficient (Wildman–Crippen LogP) is 2.70. The summed E-state index contributed by atoms with van der Waals surface area (Å²) in [6.07, 6.45) is 2.33. The van der Waals surface area contributed by atoms with Crippen LogP contribution in [0, 0.1) is 0 Å². The van der Waals surface area contributed by atoms with Crippen molar-refractivity contribution in [3.05, 3.63) is 40.3 Å². The van der Waals surface area contributed by atoms with E-state index in [1.54, 1.807) is 0 Å². The number of hydrogen-bond donors (Lipinski definition) is 1. The number of amides is 2. The number of carbonyl (C=O) groups excluding carboxylic acids is 2. The van der Waals surface area contributed by atoms with E-state index in [-0.39, 0.29) is 42.3 Å². The lowest BCUT2D eigenvalue weighted by Crippen LogP contribution is -2.38. The van der Waals surface area contributed by atoms with Gasteiger partial charge in [-0.1, -0.05) is 62.1 Å². The predicted molar refractivity (Wildman–Crippen MR) is 120 cm³/mol. The summed E-state index contributed by atoms with van der Waals surface area (Å²) in [4.78, 5) is 26.8. The Morgan fingerprint density at radius 3 is 2.62 bits per heavy atom. The first-order chi connectivity index (χ1) is 13.6. The molecule has 0 radical (unpaired) electrons. The quantitative estimate of drug-likeness (QED) is 0.528. The lowest BCUT2D eigenvalue weighted by Gasteiger charge is -2.15. The van der Waals surface area contributed by atoms with Crippen molar-refractivity contribution in [2.24, 2.45) is 0 Å². The summed E-state index contributed by atoms with van der Waals surface area (Å²) < 4.78 is 23.4. The third kappa shape index (κ3) is 5.67. The molecule has 0 bridgehead atoms. The molecule has 156 valence electrons. The van der Waals surface area contributed by atoms with E-state index in [0.717, 1.165) is 5.56 Å². The first kappa shape index (κ1) is 22.0. The zero-order valence-electron chi connectivity index (χ0n) is 16.4. The van der Waals surface area contributed by atoms with Crippen molar-refractivity contribution in [1.82, 2.24) is 10.2 Å². The van der Waals surface area contributed by atoms with Crippen LogP contribution in [0.3, 0.4) is 0 Å². The Balaban J connectivity index is 1.56. The molecule has 1 aromatic carbocycles. The molecule has 9 heteroatoms. The Labute approximate surface area is 181 Å². The summed E-state index contributed by atoms with van der Waals surface area (Å²) >= 11 is 6.54. The molecule has 2 fully saturated rings. The lowest BCUT2D eigenvalue weighted by atomic mass is 10.0. The number of thioether (sulfide) groups is 1. The van der Waals surface area contributed by atoms with Gasteiger partial charge in [-0.3, -0.25) is 14.5 Å². The largest absolute Gasteiger partial charge is 0.352 e. The van der Waals surface area contributed by atoms with Crippen LogP contribution in [0.25, 0.3) is 6.08 Å². The number of nitrogens with zero attached hydrogens (tertiary/aromatic N) is 1. The van der Waals surface area contributed by atoms with Crippen LogP contribution in [0.5, 0.6) is 0 Å². The van der Waals surface area contributed by atoms with E-state index in [2.05, 4.69) is 19.2 Å². The van der Waals surface area contributed by atoms with Crippen LogP contribution < -0.4 is 5.32 Å². The minimum atomic E-state index is -3.04. The maximum atomic E-state index is 12.7. The highest BCUT2D eigenvalue weighted by Crippen LogP contribution is 2.32. The van der Waals surface area contributed by atoms with Crippen LogP contribution in [-0.4, -0.2) is 53.5 Å². The van der Waals surface area contributed by atoms with E-state index in [1.165, 1.54) is 22.2 Å². The third-order valence-electron chi connectivity index (χ3n) is 4.93. The van der Waals surface area contributed by atoms with E-state index in [9.17, 15) is 18.0 Å². The fourth-order valence-electron chi connectivity index (χ4n) is 3.24. The molecule has 0 aliphatic carbocycles. The maximum absolute atomic E-state index is 12.7. The van der Waals surface area contributed by atoms with Gasteiger partial charge in [-0.05, 0) is 29.5 Å². The molecule has 0 unspecified atom stereocenters. The molecular weight excluding hydrogens is 428 g/mol. The van der Waals surface area contributed by atoms with Gasteiger partial charge in [0.05, 0.1) is 16.4 Å². The highest BCUT2D eigenvalue weighted by Gasteiger charge is 2.33. The zero-order valence-corrected chi connectivity index (χ0v) is 18.8. The van der Waals surface area contributed by atoms with Crippen molar-refractivity contribution >= 4 is 56.0 Å². The number of sulfone groups is 1. The van der Waals surface area contributed by atoms with Gasteiger partial charge in [0.15, 0.2) is 9.84 Å². The molecule has 2 aliphatic rings. The zero-order chi connectivity index (χ0) is 21.2. The van der Waals surface area contributed by atoms with E-state index >= 15 is 0 Å². The van der Waals surface area contributed by atoms with Gasteiger partial charge in [0, 0.05) is 19.0 Å². The number of hydrogen-bond acceptors (Lipinski definition) is 6.